The molecule has 2 saturated heterocycles. The predicted octanol–water partition coefficient (Wildman–Crippen LogP) is 2.64. The number of para-hydroxylation sites is 1. The molecule has 0 aromatic heterocycles. The van der Waals surface area contributed by atoms with Gasteiger partial charge in [-0.25, -0.2) is 4.79 Å². The number of piperidine rings is 1. The maximum Gasteiger partial charge on any atom is 0.317 e. The first-order valence-corrected chi connectivity index (χ1v) is 9.95. The number of methoxy groups -OCH3 is 2. The number of benzene rings is 1. The molecule has 0 bridgehead atoms. The van der Waals surface area contributed by atoms with Gasteiger partial charge in [0.25, 0.3) is 0 Å². The van der Waals surface area contributed by atoms with E-state index in [0.717, 1.165) is 31.4 Å². The Kier molecular flexibility index (Phi) is 6.01. The van der Waals surface area contributed by atoms with Crippen LogP contribution in [0.2, 0.25) is 0 Å². The molecule has 1 unspecified atom stereocenters. The second-order valence-corrected chi connectivity index (χ2v) is 8.04. The number of amides is 3. The summed E-state index contributed by atoms with van der Waals surface area (Å²) in [4.78, 5) is 29.5. The van der Waals surface area contributed by atoms with Crippen molar-refractivity contribution in [1.82, 2.24) is 15.1 Å². The largest absolute Gasteiger partial charge is 0.493 e. The number of ether oxygens (including phenoxy) is 2. The zero-order chi connectivity index (χ0) is 20.3. The van der Waals surface area contributed by atoms with Crippen molar-refractivity contribution in [1.29, 1.82) is 0 Å². The summed E-state index contributed by atoms with van der Waals surface area (Å²) < 4.78 is 10.9. The van der Waals surface area contributed by atoms with Crippen molar-refractivity contribution in [2.75, 3.05) is 33.9 Å². The van der Waals surface area contributed by atoms with Crippen molar-refractivity contribution < 1.29 is 19.1 Å². The van der Waals surface area contributed by atoms with Crippen LogP contribution in [0.5, 0.6) is 11.5 Å². The van der Waals surface area contributed by atoms with Gasteiger partial charge in [-0.3, -0.25) is 4.79 Å². The highest BCUT2D eigenvalue weighted by molar-refractivity contribution is 5.86. The Morgan fingerprint density at radius 2 is 2.00 bits per heavy atom. The molecule has 1 spiro atoms. The van der Waals surface area contributed by atoms with Crippen LogP contribution in [0.25, 0.3) is 0 Å². The fourth-order valence-corrected chi connectivity index (χ4v) is 4.35. The maximum atomic E-state index is 13.4. The Labute approximate surface area is 167 Å². The number of hydrogen-bond donors (Lipinski definition) is 1. The fourth-order valence-electron chi connectivity index (χ4n) is 4.35. The minimum Gasteiger partial charge on any atom is -0.493 e. The van der Waals surface area contributed by atoms with Gasteiger partial charge >= 0.3 is 6.03 Å². The molecule has 7 nitrogen and oxygen atoms in total. The standard InChI is InChI=1S/C21H31N3O4/c1-15(2)22-20(26)24-12-10-21(14-24)9-6-11-23(19(21)25)13-16-7-5-8-17(27-3)18(16)28-4/h5,7-8,15H,6,9-14H2,1-4H3,(H,22,26). The number of nitrogens with one attached hydrogen (secondary N) is 1. The lowest BCUT2D eigenvalue weighted by molar-refractivity contribution is -0.146. The molecule has 1 aromatic carbocycles. The molecule has 1 aromatic rings. The Morgan fingerprint density at radius 3 is 2.68 bits per heavy atom. The van der Waals surface area contributed by atoms with Crippen LogP contribution in [0.1, 0.15) is 38.7 Å². The topological polar surface area (TPSA) is 71.1 Å². The van der Waals surface area contributed by atoms with Gasteiger partial charge in [-0.15, -0.1) is 0 Å². The van der Waals surface area contributed by atoms with E-state index in [4.69, 9.17) is 9.47 Å². The van der Waals surface area contributed by atoms with Crippen LogP contribution in [-0.2, 0) is 11.3 Å². The average Bonchev–Trinajstić information content (AvgIpc) is 3.10. The summed E-state index contributed by atoms with van der Waals surface area (Å²) in [5.41, 5.74) is 0.471. The molecule has 154 valence electrons. The Balaban J connectivity index is 1.74. The number of hydrogen-bond acceptors (Lipinski definition) is 4. The molecule has 2 fully saturated rings. The minimum absolute atomic E-state index is 0.0775. The molecule has 1 atom stereocenters. The number of likely N-dealkylation sites (tertiary alicyclic amines) is 2. The molecule has 1 N–H and O–H groups in total. The van der Waals surface area contributed by atoms with Gasteiger partial charge in [0, 0.05) is 37.8 Å². The third-order valence-corrected chi connectivity index (χ3v) is 5.72. The van der Waals surface area contributed by atoms with Crippen molar-refractivity contribution in [3.63, 3.8) is 0 Å². The highest BCUT2D eigenvalue weighted by Crippen LogP contribution is 2.41. The van der Waals surface area contributed by atoms with Crippen molar-refractivity contribution in [2.45, 2.75) is 45.7 Å². The normalized spacial score (nSPS) is 22.1. The van der Waals surface area contributed by atoms with Crippen LogP contribution in [0.15, 0.2) is 18.2 Å². The highest BCUT2D eigenvalue weighted by Gasteiger charge is 2.49. The molecule has 2 aliphatic rings. The molecule has 0 saturated carbocycles. The third-order valence-electron chi connectivity index (χ3n) is 5.72. The molecule has 28 heavy (non-hydrogen) atoms. The zero-order valence-corrected chi connectivity index (χ0v) is 17.3. The number of carbonyl (C=O) groups is 2. The van der Waals surface area contributed by atoms with Crippen LogP contribution in [0, 0.1) is 5.41 Å². The Hall–Kier alpha value is -2.44. The van der Waals surface area contributed by atoms with Gasteiger partial charge in [0.05, 0.1) is 19.6 Å². The second kappa shape index (κ2) is 8.29. The van der Waals surface area contributed by atoms with Gasteiger partial charge < -0.3 is 24.6 Å². The summed E-state index contributed by atoms with van der Waals surface area (Å²) in [6.07, 6.45) is 2.50. The van der Waals surface area contributed by atoms with Crippen LogP contribution in [0.3, 0.4) is 0 Å². The van der Waals surface area contributed by atoms with Crippen LogP contribution in [-0.4, -0.2) is 61.6 Å². The van der Waals surface area contributed by atoms with E-state index in [-0.39, 0.29) is 18.0 Å². The first-order valence-electron chi connectivity index (χ1n) is 9.95. The van der Waals surface area contributed by atoms with Crippen LogP contribution < -0.4 is 14.8 Å². The summed E-state index contributed by atoms with van der Waals surface area (Å²) in [6.45, 7) is 6.21. The van der Waals surface area contributed by atoms with E-state index < -0.39 is 5.41 Å². The molecule has 3 rings (SSSR count). The molecular weight excluding hydrogens is 358 g/mol. The number of urea groups is 1. The summed E-state index contributed by atoms with van der Waals surface area (Å²) in [5.74, 6) is 1.47. The lowest BCUT2D eigenvalue weighted by atomic mass is 9.78. The van der Waals surface area contributed by atoms with Crippen molar-refractivity contribution >= 4 is 11.9 Å². The second-order valence-electron chi connectivity index (χ2n) is 8.04. The summed E-state index contributed by atoms with van der Waals surface area (Å²) in [5, 5.41) is 2.93. The quantitative estimate of drug-likeness (QED) is 0.840. The molecular formula is C21H31N3O4. The number of rotatable bonds is 5. The molecule has 7 heteroatoms. The van der Waals surface area contributed by atoms with E-state index in [9.17, 15) is 9.59 Å². The third kappa shape index (κ3) is 3.88. The van der Waals surface area contributed by atoms with E-state index in [2.05, 4.69) is 5.32 Å². The molecule has 0 radical (unpaired) electrons. The van der Waals surface area contributed by atoms with Crippen molar-refractivity contribution in [2.24, 2.45) is 5.41 Å². The first-order chi connectivity index (χ1) is 13.4. The number of carbonyl (C=O) groups excluding carboxylic acids is 2. The van der Waals surface area contributed by atoms with E-state index >= 15 is 0 Å². The summed E-state index contributed by atoms with van der Waals surface area (Å²) in [7, 11) is 3.22. The first kappa shape index (κ1) is 20.3. The predicted molar refractivity (Wildman–Crippen MR) is 106 cm³/mol. The zero-order valence-electron chi connectivity index (χ0n) is 17.3. The van der Waals surface area contributed by atoms with E-state index in [1.807, 2.05) is 36.9 Å². The maximum absolute atomic E-state index is 13.4. The van der Waals surface area contributed by atoms with Crippen molar-refractivity contribution in [3.8, 4) is 11.5 Å². The van der Waals surface area contributed by atoms with Crippen LogP contribution >= 0.6 is 0 Å². The van der Waals surface area contributed by atoms with E-state index in [1.165, 1.54) is 0 Å². The van der Waals surface area contributed by atoms with Gasteiger partial charge in [-0.1, -0.05) is 12.1 Å². The summed E-state index contributed by atoms with van der Waals surface area (Å²) >= 11 is 0. The average molecular weight is 389 g/mol. The monoisotopic (exact) mass is 389 g/mol. The van der Waals surface area contributed by atoms with Crippen molar-refractivity contribution in [3.05, 3.63) is 23.8 Å². The van der Waals surface area contributed by atoms with Gasteiger partial charge in [-0.05, 0) is 39.2 Å². The Morgan fingerprint density at radius 1 is 1.21 bits per heavy atom. The smallest absolute Gasteiger partial charge is 0.317 e. The fraction of sp³-hybridized carbons (Fsp3) is 0.619. The van der Waals surface area contributed by atoms with Crippen LogP contribution in [0.4, 0.5) is 4.79 Å². The van der Waals surface area contributed by atoms with E-state index in [1.54, 1.807) is 19.1 Å². The lowest BCUT2D eigenvalue weighted by Gasteiger charge is -2.39. The lowest BCUT2D eigenvalue weighted by Crippen LogP contribution is -2.51. The SMILES string of the molecule is COc1cccc(CN2CCCC3(CCN(C(=O)NC(C)C)C3)C2=O)c1OC. The molecule has 0 aliphatic carbocycles. The van der Waals surface area contributed by atoms with Gasteiger partial charge in [-0.2, -0.15) is 0 Å². The highest BCUT2D eigenvalue weighted by atomic mass is 16.5. The molecule has 2 heterocycles. The van der Waals surface area contributed by atoms with Gasteiger partial charge in [0.1, 0.15) is 0 Å². The van der Waals surface area contributed by atoms with Gasteiger partial charge in [0.2, 0.25) is 5.91 Å². The van der Waals surface area contributed by atoms with E-state index in [0.29, 0.717) is 31.1 Å². The molecule has 3 amide bonds. The number of nitrogens with zero attached hydrogens (tertiary/aromatic N) is 2. The molecule has 2 aliphatic heterocycles. The Bertz CT molecular complexity index is 736. The van der Waals surface area contributed by atoms with Gasteiger partial charge in [0.15, 0.2) is 11.5 Å². The minimum atomic E-state index is -0.460. The summed E-state index contributed by atoms with van der Waals surface area (Å²) in [6, 6.07) is 5.74.